The van der Waals surface area contributed by atoms with Gasteiger partial charge < -0.3 is 10.7 Å². The summed E-state index contributed by atoms with van der Waals surface area (Å²) in [5.41, 5.74) is 9.68. The second-order valence-corrected chi connectivity index (χ2v) is 5.71. The Labute approximate surface area is 124 Å². The van der Waals surface area contributed by atoms with E-state index < -0.39 is 0 Å². The molecule has 0 fully saturated rings. The van der Waals surface area contributed by atoms with Crippen molar-refractivity contribution >= 4 is 38.3 Å². The number of carbonyl (C=O) groups excluding carboxylic acids is 1. The summed E-state index contributed by atoms with van der Waals surface area (Å²) in [6.45, 7) is 1.90. The summed E-state index contributed by atoms with van der Waals surface area (Å²) >= 11 is 3.44. The van der Waals surface area contributed by atoms with Gasteiger partial charge in [-0.15, -0.1) is 0 Å². The van der Waals surface area contributed by atoms with Crippen molar-refractivity contribution in [3.63, 3.8) is 0 Å². The second-order valence-electron chi connectivity index (χ2n) is 4.79. The number of H-pyrrole nitrogens is 1. The Morgan fingerprint density at radius 1 is 1.20 bits per heavy atom. The van der Waals surface area contributed by atoms with Crippen molar-refractivity contribution in [3.05, 3.63) is 63.8 Å². The van der Waals surface area contributed by atoms with E-state index in [1.54, 1.807) is 18.3 Å². The first-order valence-electron chi connectivity index (χ1n) is 6.24. The maximum atomic E-state index is 12.6. The molecule has 0 saturated heterocycles. The van der Waals surface area contributed by atoms with E-state index in [-0.39, 0.29) is 5.78 Å². The Bertz CT molecular complexity index is 820. The number of hydrogen-bond donors (Lipinski definition) is 2. The largest absolute Gasteiger partial charge is 0.399 e. The van der Waals surface area contributed by atoms with Gasteiger partial charge in [0.1, 0.15) is 0 Å². The lowest BCUT2D eigenvalue weighted by Crippen LogP contribution is -2.02. The molecule has 0 aliphatic rings. The lowest BCUT2D eigenvalue weighted by atomic mass is 10.0. The average Bonchev–Trinajstić information content (AvgIpc) is 2.84. The number of fused-ring (bicyclic) bond motifs is 1. The van der Waals surface area contributed by atoms with Crippen molar-refractivity contribution in [1.29, 1.82) is 0 Å². The lowest BCUT2D eigenvalue weighted by molar-refractivity contribution is 0.104. The van der Waals surface area contributed by atoms with Crippen molar-refractivity contribution in [2.75, 3.05) is 5.73 Å². The van der Waals surface area contributed by atoms with Crippen LogP contribution in [0.3, 0.4) is 0 Å². The van der Waals surface area contributed by atoms with Gasteiger partial charge in [0.25, 0.3) is 0 Å². The highest BCUT2D eigenvalue weighted by Gasteiger charge is 2.15. The predicted molar refractivity (Wildman–Crippen MR) is 85.0 cm³/mol. The van der Waals surface area contributed by atoms with E-state index in [0.29, 0.717) is 16.8 Å². The first kappa shape index (κ1) is 12.9. The van der Waals surface area contributed by atoms with Gasteiger partial charge in [-0.3, -0.25) is 4.79 Å². The van der Waals surface area contributed by atoms with Gasteiger partial charge in [0.05, 0.1) is 0 Å². The zero-order chi connectivity index (χ0) is 14.3. The van der Waals surface area contributed by atoms with Gasteiger partial charge in [0.2, 0.25) is 0 Å². The molecule has 0 aliphatic heterocycles. The Morgan fingerprint density at radius 2 is 2.00 bits per heavy atom. The third-order valence-electron chi connectivity index (χ3n) is 3.42. The van der Waals surface area contributed by atoms with Crippen LogP contribution in [-0.2, 0) is 0 Å². The van der Waals surface area contributed by atoms with Gasteiger partial charge in [-0.05, 0) is 48.9 Å². The normalized spacial score (nSPS) is 10.9. The maximum Gasteiger partial charge on any atom is 0.195 e. The molecule has 0 saturated carbocycles. The number of aromatic amines is 1. The minimum atomic E-state index is -0.00236. The topological polar surface area (TPSA) is 58.9 Å². The number of hydrogen-bond acceptors (Lipinski definition) is 2. The predicted octanol–water partition coefficient (Wildman–Crippen LogP) is 4.05. The van der Waals surface area contributed by atoms with Crippen LogP contribution < -0.4 is 5.73 Å². The highest BCUT2D eigenvalue weighted by Crippen LogP contribution is 2.25. The van der Waals surface area contributed by atoms with E-state index in [4.69, 9.17) is 5.73 Å². The van der Waals surface area contributed by atoms with Crippen LogP contribution in [0.5, 0.6) is 0 Å². The molecule has 0 aliphatic carbocycles. The van der Waals surface area contributed by atoms with Crippen LogP contribution in [0, 0.1) is 6.92 Å². The van der Waals surface area contributed by atoms with Crippen molar-refractivity contribution in [2.24, 2.45) is 0 Å². The molecule has 3 N–H and O–H groups in total. The summed E-state index contributed by atoms with van der Waals surface area (Å²) in [7, 11) is 0. The number of aromatic nitrogens is 1. The smallest absolute Gasteiger partial charge is 0.195 e. The molecule has 0 bridgehead atoms. The van der Waals surface area contributed by atoms with Crippen LogP contribution in [0.1, 0.15) is 21.5 Å². The third kappa shape index (κ3) is 2.12. The van der Waals surface area contributed by atoms with Crippen LogP contribution in [0.15, 0.2) is 47.1 Å². The third-order valence-corrected chi connectivity index (χ3v) is 3.91. The Morgan fingerprint density at radius 3 is 2.75 bits per heavy atom. The minimum Gasteiger partial charge on any atom is -0.399 e. The molecule has 0 amide bonds. The average molecular weight is 329 g/mol. The van der Waals surface area contributed by atoms with Crippen LogP contribution in [-0.4, -0.2) is 10.8 Å². The Hall–Kier alpha value is -2.07. The first-order chi connectivity index (χ1) is 9.56. The molecule has 20 heavy (non-hydrogen) atoms. The van der Waals surface area contributed by atoms with E-state index in [1.807, 2.05) is 31.2 Å². The van der Waals surface area contributed by atoms with Gasteiger partial charge in [0, 0.05) is 38.4 Å². The van der Waals surface area contributed by atoms with E-state index in [1.165, 1.54) is 0 Å². The number of anilines is 1. The zero-order valence-corrected chi connectivity index (χ0v) is 12.5. The monoisotopic (exact) mass is 328 g/mol. The molecule has 3 aromatic rings. The molecule has 0 radical (unpaired) electrons. The molecule has 3 nitrogen and oxygen atoms in total. The summed E-state index contributed by atoms with van der Waals surface area (Å²) in [5.74, 6) is -0.00236. The van der Waals surface area contributed by atoms with Gasteiger partial charge in [0.15, 0.2) is 5.78 Å². The zero-order valence-electron chi connectivity index (χ0n) is 10.9. The number of ketones is 1. The minimum absolute atomic E-state index is 0.00236. The van der Waals surface area contributed by atoms with Gasteiger partial charge >= 0.3 is 0 Å². The fraction of sp³-hybridized carbons (Fsp3) is 0.0625. The number of nitrogen functional groups attached to an aromatic ring is 1. The van der Waals surface area contributed by atoms with Crippen LogP contribution >= 0.6 is 15.9 Å². The fourth-order valence-electron chi connectivity index (χ4n) is 2.25. The van der Waals surface area contributed by atoms with Gasteiger partial charge in [-0.1, -0.05) is 15.9 Å². The summed E-state index contributed by atoms with van der Waals surface area (Å²) in [6, 6.07) is 11.2. The standard InChI is InChI=1S/C16H13BrN2O/c1-9-6-10(2-4-14(9)18)16(20)13-8-19-15-5-3-11(17)7-12(13)15/h2-8,19H,18H2,1H3. The molecule has 3 rings (SSSR count). The van der Waals surface area contributed by atoms with Crippen molar-refractivity contribution in [2.45, 2.75) is 6.92 Å². The Balaban J connectivity index is 2.12. The summed E-state index contributed by atoms with van der Waals surface area (Å²) in [6.07, 6.45) is 1.76. The van der Waals surface area contributed by atoms with Crippen molar-refractivity contribution < 1.29 is 4.79 Å². The van der Waals surface area contributed by atoms with Crippen molar-refractivity contribution in [1.82, 2.24) is 4.98 Å². The molecule has 1 heterocycles. The number of benzene rings is 2. The van der Waals surface area contributed by atoms with Gasteiger partial charge in [-0.2, -0.15) is 0 Å². The molecular weight excluding hydrogens is 316 g/mol. The van der Waals surface area contributed by atoms with Crippen molar-refractivity contribution in [3.8, 4) is 0 Å². The number of nitrogens with two attached hydrogens (primary N) is 1. The molecule has 100 valence electrons. The highest BCUT2D eigenvalue weighted by atomic mass is 79.9. The van der Waals surface area contributed by atoms with E-state index in [2.05, 4.69) is 20.9 Å². The highest BCUT2D eigenvalue weighted by molar-refractivity contribution is 9.10. The quantitative estimate of drug-likeness (QED) is 0.550. The van der Waals surface area contributed by atoms with E-state index >= 15 is 0 Å². The number of halogens is 1. The molecular formula is C16H13BrN2O. The van der Waals surface area contributed by atoms with Gasteiger partial charge in [-0.25, -0.2) is 0 Å². The molecule has 0 atom stereocenters. The lowest BCUT2D eigenvalue weighted by Gasteiger charge is -2.04. The Kier molecular flexibility index (Phi) is 3.10. The summed E-state index contributed by atoms with van der Waals surface area (Å²) in [5, 5.41) is 0.916. The second kappa shape index (κ2) is 4.80. The summed E-state index contributed by atoms with van der Waals surface area (Å²) < 4.78 is 0.951. The van der Waals surface area contributed by atoms with E-state index in [0.717, 1.165) is 20.9 Å². The number of carbonyl (C=O) groups is 1. The van der Waals surface area contributed by atoms with E-state index in [9.17, 15) is 4.79 Å². The fourth-order valence-corrected chi connectivity index (χ4v) is 2.61. The molecule has 0 spiro atoms. The molecule has 2 aromatic carbocycles. The first-order valence-corrected chi connectivity index (χ1v) is 7.03. The molecule has 4 heteroatoms. The van der Waals surface area contributed by atoms with Crippen LogP contribution in [0.4, 0.5) is 5.69 Å². The SMILES string of the molecule is Cc1cc(C(=O)c2c[nH]c3ccc(Br)cc23)ccc1N. The molecule has 1 aromatic heterocycles. The number of aryl methyl sites for hydroxylation is 1. The number of nitrogens with one attached hydrogen (secondary N) is 1. The number of rotatable bonds is 2. The molecule has 0 unspecified atom stereocenters. The van der Waals surface area contributed by atoms with Crippen LogP contribution in [0.25, 0.3) is 10.9 Å². The van der Waals surface area contributed by atoms with Crippen LogP contribution in [0.2, 0.25) is 0 Å². The maximum absolute atomic E-state index is 12.6. The summed E-state index contributed by atoms with van der Waals surface area (Å²) in [4.78, 5) is 15.7.